The Hall–Kier alpha value is -2.31. The number of amides is 3. The molecule has 2 N–H and O–H groups in total. The van der Waals surface area contributed by atoms with Crippen LogP contribution in [0.4, 0.5) is 14.0 Å². The summed E-state index contributed by atoms with van der Waals surface area (Å²) in [5.74, 6) is -0.301. The molecule has 0 aliphatic carbocycles. The van der Waals surface area contributed by atoms with Crippen molar-refractivity contribution in [1.82, 2.24) is 15.5 Å². The summed E-state index contributed by atoms with van der Waals surface area (Å²) in [5.41, 5.74) is 0.322. The van der Waals surface area contributed by atoms with Crippen LogP contribution in [0.3, 0.4) is 0 Å². The molecule has 7 heteroatoms. The first-order chi connectivity index (χ1) is 11.7. The molecule has 6 nitrogen and oxygen atoms in total. The smallest absolute Gasteiger partial charge is 0.410 e. The highest BCUT2D eigenvalue weighted by Crippen LogP contribution is 2.15. The van der Waals surface area contributed by atoms with E-state index in [-0.39, 0.29) is 24.0 Å². The number of likely N-dealkylation sites (tertiary alicyclic amines) is 1. The first kappa shape index (κ1) is 19.0. The molecule has 2 rings (SSSR count). The quantitative estimate of drug-likeness (QED) is 0.879. The first-order valence-electron chi connectivity index (χ1n) is 8.50. The number of rotatable bonds is 3. The standard InChI is InChI=1S/C18H26FN3O3/c1-18(2,3)25-17(24)22-10-8-15(9-11-22)21-16(23)20-12-13-4-6-14(19)7-5-13/h4-7,15H,8-12H2,1-3H3,(H2,20,21,23). The Labute approximate surface area is 147 Å². The molecule has 1 saturated heterocycles. The zero-order valence-electron chi connectivity index (χ0n) is 15.0. The number of hydrogen-bond acceptors (Lipinski definition) is 3. The monoisotopic (exact) mass is 351 g/mol. The molecule has 0 unspecified atom stereocenters. The summed E-state index contributed by atoms with van der Waals surface area (Å²) >= 11 is 0. The molecule has 1 aromatic carbocycles. The van der Waals surface area contributed by atoms with Gasteiger partial charge in [-0.05, 0) is 51.3 Å². The number of nitrogens with zero attached hydrogens (tertiary/aromatic N) is 1. The van der Waals surface area contributed by atoms with Gasteiger partial charge in [-0.2, -0.15) is 0 Å². The largest absolute Gasteiger partial charge is 0.444 e. The second kappa shape index (κ2) is 8.18. The molecule has 1 fully saturated rings. The number of nitrogens with one attached hydrogen (secondary N) is 2. The van der Waals surface area contributed by atoms with E-state index in [4.69, 9.17) is 4.74 Å². The normalized spacial score (nSPS) is 15.6. The third kappa shape index (κ3) is 6.60. The van der Waals surface area contributed by atoms with E-state index in [1.165, 1.54) is 12.1 Å². The van der Waals surface area contributed by atoms with Gasteiger partial charge in [0, 0.05) is 25.7 Å². The molecular formula is C18H26FN3O3. The van der Waals surface area contributed by atoms with Crippen LogP contribution >= 0.6 is 0 Å². The predicted octanol–water partition coefficient (Wildman–Crippen LogP) is 3.02. The van der Waals surface area contributed by atoms with Crippen LogP contribution in [0.1, 0.15) is 39.2 Å². The Kier molecular flexibility index (Phi) is 6.22. The van der Waals surface area contributed by atoms with Crippen LogP contribution in [0.5, 0.6) is 0 Å². The molecule has 138 valence electrons. The van der Waals surface area contributed by atoms with Crippen molar-refractivity contribution in [3.8, 4) is 0 Å². The van der Waals surface area contributed by atoms with Crippen LogP contribution < -0.4 is 10.6 Å². The number of halogens is 1. The fourth-order valence-electron chi connectivity index (χ4n) is 2.55. The molecule has 1 aromatic rings. The van der Waals surface area contributed by atoms with Crippen LogP contribution in [0.15, 0.2) is 24.3 Å². The number of ether oxygens (including phenoxy) is 1. The van der Waals surface area contributed by atoms with E-state index < -0.39 is 5.60 Å². The number of benzene rings is 1. The van der Waals surface area contributed by atoms with Crippen molar-refractivity contribution >= 4 is 12.1 Å². The molecule has 0 saturated carbocycles. The van der Waals surface area contributed by atoms with Crippen molar-refractivity contribution < 1.29 is 18.7 Å². The Balaban J connectivity index is 1.69. The number of hydrogen-bond donors (Lipinski definition) is 2. The lowest BCUT2D eigenvalue weighted by molar-refractivity contribution is 0.0201. The second-order valence-corrected chi connectivity index (χ2v) is 7.20. The zero-order valence-corrected chi connectivity index (χ0v) is 15.0. The van der Waals surface area contributed by atoms with Gasteiger partial charge < -0.3 is 20.3 Å². The summed E-state index contributed by atoms with van der Waals surface area (Å²) in [4.78, 5) is 25.6. The van der Waals surface area contributed by atoms with Gasteiger partial charge in [-0.1, -0.05) is 12.1 Å². The van der Waals surface area contributed by atoms with Crippen molar-refractivity contribution in [3.05, 3.63) is 35.6 Å². The van der Waals surface area contributed by atoms with E-state index in [0.29, 0.717) is 32.5 Å². The minimum atomic E-state index is -0.508. The average Bonchev–Trinajstić information content (AvgIpc) is 2.53. The maximum atomic E-state index is 12.8. The molecule has 25 heavy (non-hydrogen) atoms. The van der Waals surface area contributed by atoms with Gasteiger partial charge in [0.05, 0.1) is 0 Å². The highest BCUT2D eigenvalue weighted by atomic mass is 19.1. The fourth-order valence-corrected chi connectivity index (χ4v) is 2.55. The van der Waals surface area contributed by atoms with E-state index in [0.717, 1.165) is 5.56 Å². The molecule has 0 spiro atoms. The second-order valence-electron chi connectivity index (χ2n) is 7.20. The molecular weight excluding hydrogens is 325 g/mol. The lowest BCUT2D eigenvalue weighted by atomic mass is 10.1. The maximum Gasteiger partial charge on any atom is 0.410 e. The predicted molar refractivity (Wildman–Crippen MR) is 92.6 cm³/mol. The van der Waals surface area contributed by atoms with E-state index in [1.54, 1.807) is 17.0 Å². The van der Waals surface area contributed by atoms with Gasteiger partial charge in [-0.15, -0.1) is 0 Å². The Morgan fingerprint density at radius 3 is 2.36 bits per heavy atom. The van der Waals surface area contributed by atoms with E-state index in [2.05, 4.69) is 10.6 Å². The van der Waals surface area contributed by atoms with E-state index >= 15 is 0 Å². The summed E-state index contributed by atoms with van der Waals surface area (Å²) in [5, 5.41) is 5.66. The molecule has 0 radical (unpaired) electrons. The topological polar surface area (TPSA) is 70.7 Å². The Morgan fingerprint density at radius 2 is 1.80 bits per heavy atom. The number of carbonyl (C=O) groups excluding carboxylic acids is 2. The Bertz CT molecular complexity index is 591. The molecule has 0 aromatic heterocycles. The van der Waals surface area contributed by atoms with Gasteiger partial charge in [-0.25, -0.2) is 14.0 Å². The summed E-state index contributed by atoms with van der Waals surface area (Å²) in [6.07, 6.45) is 1.05. The van der Waals surface area contributed by atoms with Crippen LogP contribution in [-0.4, -0.2) is 41.8 Å². The third-order valence-electron chi connectivity index (χ3n) is 3.85. The fraction of sp³-hybridized carbons (Fsp3) is 0.556. The van der Waals surface area contributed by atoms with Gasteiger partial charge >= 0.3 is 12.1 Å². The lowest BCUT2D eigenvalue weighted by Crippen LogP contribution is -2.49. The minimum Gasteiger partial charge on any atom is -0.444 e. The van der Waals surface area contributed by atoms with Gasteiger partial charge in [0.15, 0.2) is 0 Å². The van der Waals surface area contributed by atoms with Crippen molar-refractivity contribution in [2.24, 2.45) is 0 Å². The molecule has 0 atom stereocenters. The molecule has 0 bridgehead atoms. The van der Waals surface area contributed by atoms with Crippen LogP contribution in [-0.2, 0) is 11.3 Å². The third-order valence-corrected chi connectivity index (χ3v) is 3.85. The SMILES string of the molecule is CC(C)(C)OC(=O)N1CCC(NC(=O)NCc2ccc(F)cc2)CC1. The molecule has 3 amide bonds. The molecule has 1 aliphatic heterocycles. The van der Waals surface area contributed by atoms with Crippen molar-refractivity contribution in [2.45, 2.75) is 51.8 Å². The first-order valence-corrected chi connectivity index (χ1v) is 8.50. The summed E-state index contributed by atoms with van der Waals surface area (Å²) < 4.78 is 18.2. The van der Waals surface area contributed by atoms with Crippen LogP contribution in [0.25, 0.3) is 0 Å². The van der Waals surface area contributed by atoms with Gasteiger partial charge in [0.1, 0.15) is 11.4 Å². The van der Waals surface area contributed by atoms with Crippen molar-refractivity contribution in [3.63, 3.8) is 0 Å². The minimum absolute atomic E-state index is 0.0203. The summed E-state index contributed by atoms with van der Waals surface area (Å²) in [6.45, 7) is 6.96. The van der Waals surface area contributed by atoms with Crippen molar-refractivity contribution in [1.29, 1.82) is 0 Å². The highest BCUT2D eigenvalue weighted by Gasteiger charge is 2.27. The van der Waals surface area contributed by atoms with Crippen molar-refractivity contribution in [2.75, 3.05) is 13.1 Å². The molecule has 1 aliphatic rings. The zero-order chi connectivity index (χ0) is 18.4. The van der Waals surface area contributed by atoms with E-state index in [9.17, 15) is 14.0 Å². The molecule has 1 heterocycles. The maximum absolute atomic E-state index is 12.8. The summed E-state index contributed by atoms with van der Waals surface area (Å²) in [6, 6.07) is 5.75. The summed E-state index contributed by atoms with van der Waals surface area (Å²) in [7, 11) is 0. The number of carbonyl (C=O) groups is 2. The number of urea groups is 1. The number of piperidine rings is 1. The Morgan fingerprint density at radius 1 is 1.20 bits per heavy atom. The van der Waals surface area contributed by atoms with Gasteiger partial charge in [0.25, 0.3) is 0 Å². The van der Waals surface area contributed by atoms with Gasteiger partial charge in [0.2, 0.25) is 0 Å². The average molecular weight is 351 g/mol. The van der Waals surface area contributed by atoms with E-state index in [1.807, 2.05) is 20.8 Å². The van der Waals surface area contributed by atoms with Crippen LogP contribution in [0.2, 0.25) is 0 Å². The lowest BCUT2D eigenvalue weighted by Gasteiger charge is -2.33. The highest BCUT2D eigenvalue weighted by molar-refractivity contribution is 5.74. The van der Waals surface area contributed by atoms with Gasteiger partial charge in [-0.3, -0.25) is 0 Å². The van der Waals surface area contributed by atoms with Crippen LogP contribution in [0, 0.1) is 5.82 Å².